The number of hydrogen-bond donors (Lipinski definition) is 2. The molecule has 2 aromatic heterocycles. The van der Waals surface area contributed by atoms with Crippen LogP contribution in [0.5, 0.6) is 11.5 Å². The predicted molar refractivity (Wildman–Crippen MR) is 108 cm³/mol. The zero-order valence-corrected chi connectivity index (χ0v) is 15.4. The van der Waals surface area contributed by atoms with Crippen molar-refractivity contribution in [3.05, 3.63) is 71.5 Å². The third-order valence-electron chi connectivity index (χ3n) is 4.21. The van der Waals surface area contributed by atoms with Crippen LogP contribution in [0, 0.1) is 0 Å². The molecule has 0 saturated heterocycles. The molecule has 3 N–H and O–H groups in total. The first kappa shape index (κ1) is 17.2. The molecular weight excluding hydrogens is 362 g/mol. The van der Waals surface area contributed by atoms with E-state index in [2.05, 4.69) is 15.3 Å². The van der Waals surface area contributed by atoms with E-state index in [0.29, 0.717) is 17.4 Å². The van der Waals surface area contributed by atoms with Crippen molar-refractivity contribution >= 4 is 34.3 Å². The van der Waals surface area contributed by atoms with E-state index in [9.17, 15) is 0 Å². The van der Waals surface area contributed by atoms with Crippen molar-refractivity contribution in [1.29, 1.82) is 0 Å². The van der Waals surface area contributed by atoms with Crippen molar-refractivity contribution in [2.75, 3.05) is 11.1 Å². The fraction of sp³-hybridized carbons (Fsp3) is 0.100. The highest BCUT2D eigenvalue weighted by molar-refractivity contribution is 6.29. The lowest BCUT2D eigenvalue weighted by molar-refractivity contribution is 0.480. The molecule has 0 radical (unpaired) electrons. The average Bonchev–Trinajstić information content (AvgIpc) is 2.98. The maximum atomic E-state index is 5.86. The molecular formula is C20H18ClN5O. The van der Waals surface area contributed by atoms with E-state index in [4.69, 9.17) is 22.1 Å². The summed E-state index contributed by atoms with van der Waals surface area (Å²) in [6.07, 6.45) is 1.59. The number of nitrogens with one attached hydrogen (secondary N) is 1. The minimum atomic E-state index is 0.438. The quantitative estimate of drug-likeness (QED) is 0.391. The van der Waals surface area contributed by atoms with Gasteiger partial charge in [0, 0.05) is 19.3 Å². The summed E-state index contributed by atoms with van der Waals surface area (Å²) < 4.78 is 7.75. The molecule has 0 aliphatic rings. The number of nitrogens with two attached hydrogens (primary N) is 1. The number of halogens is 1. The topological polar surface area (TPSA) is 78.0 Å². The van der Waals surface area contributed by atoms with Gasteiger partial charge in [0.25, 0.3) is 0 Å². The van der Waals surface area contributed by atoms with Gasteiger partial charge in [-0.15, -0.1) is 0 Å². The standard InChI is InChI=1S/C20H18ClN5O/c1-26-18-10-14(22)4-8-17(18)25-20(26)24-11-13-2-5-15(6-3-13)27-16-7-9-19(21)23-12-16/h2-10,12H,11,22H2,1H3,(H,24,25). The van der Waals surface area contributed by atoms with Crippen LogP contribution in [0.4, 0.5) is 11.6 Å². The number of fused-ring (bicyclic) bond motifs is 1. The maximum absolute atomic E-state index is 5.86. The van der Waals surface area contributed by atoms with E-state index in [1.807, 2.05) is 54.1 Å². The molecule has 0 amide bonds. The third-order valence-corrected chi connectivity index (χ3v) is 4.44. The average molecular weight is 380 g/mol. The van der Waals surface area contributed by atoms with Gasteiger partial charge in [-0.1, -0.05) is 23.7 Å². The van der Waals surface area contributed by atoms with E-state index >= 15 is 0 Å². The molecule has 0 aliphatic carbocycles. The molecule has 136 valence electrons. The van der Waals surface area contributed by atoms with Crippen molar-refractivity contribution in [2.45, 2.75) is 6.54 Å². The molecule has 0 saturated carbocycles. The number of anilines is 2. The Hall–Kier alpha value is -3.25. The second-order valence-electron chi connectivity index (χ2n) is 6.16. The molecule has 0 aliphatic heterocycles. The Morgan fingerprint density at radius 2 is 1.85 bits per heavy atom. The van der Waals surface area contributed by atoms with Gasteiger partial charge in [0.05, 0.1) is 17.2 Å². The Kier molecular flexibility index (Phi) is 4.56. The number of rotatable bonds is 5. The zero-order valence-electron chi connectivity index (χ0n) is 14.7. The molecule has 0 bridgehead atoms. The monoisotopic (exact) mass is 379 g/mol. The van der Waals surface area contributed by atoms with Crippen LogP contribution in [0.2, 0.25) is 5.15 Å². The van der Waals surface area contributed by atoms with Crippen molar-refractivity contribution in [1.82, 2.24) is 14.5 Å². The molecule has 7 heteroatoms. The molecule has 0 fully saturated rings. The second kappa shape index (κ2) is 7.17. The van der Waals surface area contributed by atoms with Gasteiger partial charge in [0.15, 0.2) is 0 Å². The van der Waals surface area contributed by atoms with Crippen molar-refractivity contribution in [3.8, 4) is 11.5 Å². The highest BCUT2D eigenvalue weighted by Gasteiger charge is 2.07. The van der Waals surface area contributed by atoms with E-state index in [1.54, 1.807) is 18.3 Å². The highest BCUT2D eigenvalue weighted by atomic mass is 35.5. The molecule has 2 aromatic carbocycles. The van der Waals surface area contributed by atoms with Crippen LogP contribution in [0.25, 0.3) is 11.0 Å². The summed E-state index contributed by atoms with van der Waals surface area (Å²) in [5.74, 6) is 2.17. The first-order chi connectivity index (χ1) is 13.1. The minimum Gasteiger partial charge on any atom is -0.456 e. The number of benzene rings is 2. The van der Waals surface area contributed by atoms with Crippen LogP contribution in [0.1, 0.15) is 5.56 Å². The molecule has 6 nitrogen and oxygen atoms in total. The van der Waals surface area contributed by atoms with Gasteiger partial charge in [-0.25, -0.2) is 9.97 Å². The van der Waals surface area contributed by atoms with Gasteiger partial charge >= 0.3 is 0 Å². The predicted octanol–water partition coefficient (Wildman–Crippen LogP) is 4.61. The summed E-state index contributed by atoms with van der Waals surface area (Å²) in [5, 5.41) is 3.80. The summed E-state index contributed by atoms with van der Waals surface area (Å²) in [5.41, 5.74) is 9.61. The number of nitrogens with zero attached hydrogens (tertiary/aromatic N) is 3. The highest BCUT2D eigenvalue weighted by Crippen LogP contribution is 2.23. The largest absolute Gasteiger partial charge is 0.456 e. The third kappa shape index (κ3) is 3.80. The van der Waals surface area contributed by atoms with Crippen molar-refractivity contribution < 1.29 is 4.74 Å². The smallest absolute Gasteiger partial charge is 0.203 e. The van der Waals surface area contributed by atoms with Crippen molar-refractivity contribution in [2.24, 2.45) is 7.05 Å². The van der Waals surface area contributed by atoms with Crippen LogP contribution in [-0.2, 0) is 13.6 Å². The summed E-state index contributed by atoms with van der Waals surface area (Å²) in [7, 11) is 1.97. The van der Waals surface area contributed by atoms with Crippen LogP contribution in [0.15, 0.2) is 60.8 Å². The fourth-order valence-corrected chi connectivity index (χ4v) is 2.89. The van der Waals surface area contributed by atoms with Gasteiger partial charge in [0.1, 0.15) is 16.7 Å². The number of pyridine rings is 1. The zero-order chi connectivity index (χ0) is 18.8. The summed E-state index contributed by atoms with van der Waals surface area (Å²) in [4.78, 5) is 8.60. The van der Waals surface area contributed by atoms with Crippen LogP contribution in [0.3, 0.4) is 0 Å². The Balaban J connectivity index is 1.43. The molecule has 2 heterocycles. The summed E-state index contributed by atoms with van der Waals surface area (Å²) in [6, 6.07) is 17.0. The van der Waals surface area contributed by atoms with Crippen LogP contribution >= 0.6 is 11.6 Å². The van der Waals surface area contributed by atoms with Gasteiger partial charge in [0.2, 0.25) is 5.95 Å². The van der Waals surface area contributed by atoms with Gasteiger partial charge in [-0.05, 0) is 48.0 Å². The van der Waals surface area contributed by atoms with Gasteiger partial charge in [-0.3, -0.25) is 0 Å². The Morgan fingerprint density at radius 3 is 2.59 bits per heavy atom. The number of aryl methyl sites for hydroxylation is 1. The fourth-order valence-electron chi connectivity index (χ4n) is 2.78. The lowest BCUT2D eigenvalue weighted by Crippen LogP contribution is -2.04. The van der Waals surface area contributed by atoms with E-state index < -0.39 is 0 Å². The number of hydrogen-bond acceptors (Lipinski definition) is 5. The molecule has 0 spiro atoms. The van der Waals surface area contributed by atoms with Crippen LogP contribution < -0.4 is 15.8 Å². The Labute approximate surface area is 161 Å². The molecule has 27 heavy (non-hydrogen) atoms. The van der Waals surface area contributed by atoms with Gasteiger partial charge in [-0.2, -0.15) is 0 Å². The molecule has 4 rings (SSSR count). The lowest BCUT2D eigenvalue weighted by Gasteiger charge is -2.08. The van der Waals surface area contributed by atoms with Crippen molar-refractivity contribution in [3.63, 3.8) is 0 Å². The Bertz CT molecular complexity index is 1070. The van der Waals surface area contributed by atoms with Gasteiger partial charge < -0.3 is 20.4 Å². The molecule has 0 atom stereocenters. The van der Waals surface area contributed by atoms with E-state index in [1.165, 1.54) is 0 Å². The first-order valence-electron chi connectivity index (χ1n) is 8.43. The SMILES string of the molecule is Cn1c(NCc2ccc(Oc3ccc(Cl)nc3)cc2)nc2ccc(N)cc21. The minimum absolute atomic E-state index is 0.438. The van der Waals surface area contributed by atoms with E-state index in [-0.39, 0.29) is 0 Å². The summed E-state index contributed by atoms with van der Waals surface area (Å²) in [6.45, 7) is 0.648. The van der Waals surface area contributed by atoms with E-state index in [0.717, 1.165) is 34.0 Å². The second-order valence-corrected chi connectivity index (χ2v) is 6.55. The number of nitrogen functional groups attached to an aromatic ring is 1. The normalized spacial score (nSPS) is 10.9. The molecule has 4 aromatic rings. The number of aromatic nitrogens is 3. The first-order valence-corrected chi connectivity index (χ1v) is 8.80. The Morgan fingerprint density at radius 1 is 1.07 bits per heavy atom. The maximum Gasteiger partial charge on any atom is 0.203 e. The number of imidazole rings is 1. The van der Waals surface area contributed by atoms with Crippen LogP contribution in [-0.4, -0.2) is 14.5 Å². The number of ether oxygens (including phenoxy) is 1. The lowest BCUT2D eigenvalue weighted by atomic mass is 10.2. The molecule has 0 unspecified atom stereocenters. The summed E-state index contributed by atoms with van der Waals surface area (Å²) >= 11 is 5.78.